The second kappa shape index (κ2) is 8.99. The minimum Gasteiger partial charge on any atom is -0.331 e. The SMILES string of the molecule is Cn1ccnc1C(=O)c1ccc(NC(=O)c2cn(-c3ccccc3)nc2-c2ccccc2)cc1. The summed E-state index contributed by atoms with van der Waals surface area (Å²) >= 11 is 0. The summed E-state index contributed by atoms with van der Waals surface area (Å²) in [6.45, 7) is 0. The van der Waals surface area contributed by atoms with Crippen molar-refractivity contribution in [3.8, 4) is 16.9 Å². The Hall–Kier alpha value is -4.78. The monoisotopic (exact) mass is 447 g/mol. The lowest BCUT2D eigenvalue weighted by molar-refractivity contribution is 0.102. The van der Waals surface area contributed by atoms with E-state index in [1.165, 1.54) is 0 Å². The van der Waals surface area contributed by atoms with Crippen LogP contribution in [0.2, 0.25) is 0 Å². The Labute approximate surface area is 196 Å². The van der Waals surface area contributed by atoms with E-state index in [2.05, 4.69) is 15.4 Å². The number of hydrogen-bond acceptors (Lipinski definition) is 4. The van der Waals surface area contributed by atoms with Crippen LogP contribution in [-0.2, 0) is 7.05 Å². The van der Waals surface area contributed by atoms with Gasteiger partial charge < -0.3 is 9.88 Å². The van der Waals surface area contributed by atoms with Crippen LogP contribution in [-0.4, -0.2) is 31.0 Å². The minimum absolute atomic E-state index is 0.180. The summed E-state index contributed by atoms with van der Waals surface area (Å²) in [5.41, 5.74) is 3.81. The van der Waals surface area contributed by atoms with Crippen molar-refractivity contribution < 1.29 is 9.59 Å². The molecule has 7 nitrogen and oxygen atoms in total. The molecule has 0 aliphatic carbocycles. The zero-order valence-electron chi connectivity index (χ0n) is 18.4. The van der Waals surface area contributed by atoms with E-state index in [1.807, 2.05) is 60.7 Å². The molecule has 5 rings (SSSR count). The number of aryl methyl sites for hydroxylation is 1. The number of carbonyl (C=O) groups is 2. The molecular formula is C27H21N5O2. The molecule has 34 heavy (non-hydrogen) atoms. The Morgan fingerprint density at radius 3 is 2.18 bits per heavy atom. The van der Waals surface area contributed by atoms with Gasteiger partial charge in [-0.15, -0.1) is 0 Å². The molecule has 3 aromatic carbocycles. The first-order valence-corrected chi connectivity index (χ1v) is 10.7. The number of amides is 1. The average molecular weight is 447 g/mol. The number of hydrogen-bond donors (Lipinski definition) is 1. The lowest BCUT2D eigenvalue weighted by atomic mass is 10.1. The third kappa shape index (κ3) is 4.14. The molecule has 5 aromatic rings. The first kappa shape index (κ1) is 21.1. The van der Waals surface area contributed by atoms with Crippen molar-refractivity contribution in [3.05, 3.63) is 120 Å². The van der Waals surface area contributed by atoms with E-state index in [0.717, 1.165) is 11.3 Å². The highest BCUT2D eigenvalue weighted by Crippen LogP contribution is 2.25. The summed E-state index contributed by atoms with van der Waals surface area (Å²) in [7, 11) is 1.77. The van der Waals surface area contributed by atoms with Crippen molar-refractivity contribution >= 4 is 17.4 Å². The van der Waals surface area contributed by atoms with Gasteiger partial charge in [-0.1, -0.05) is 48.5 Å². The molecule has 0 radical (unpaired) electrons. The van der Waals surface area contributed by atoms with Gasteiger partial charge in [0.15, 0.2) is 5.82 Å². The number of anilines is 1. The number of rotatable bonds is 6. The number of carbonyl (C=O) groups excluding carboxylic acids is 2. The lowest BCUT2D eigenvalue weighted by Crippen LogP contribution is -2.13. The maximum absolute atomic E-state index is 13.3. The number of nitrogens with one attached hydrogen (secondary N) is 1. The molecule has 0 saturated heterocycles. The van der Waals surface area contributed by atoms with Crippen LogP contribution in [0.5, 0.6) is 0 Å². The minimum atomic E-state index is -0.288. The second-order valence-electron chi connectivity index (χ2n) is 7.76. The maximum atomic E-state index is 13.3. The smallest absolute Gasteiger partial charge is 0.259 e. The van der Waals surface area contributed by atoms with Gasteiger partial charge in [0.05, 0.1) is 11.3 Å². The molecule has 0 saturated carbocycles. The Bertz CT molecular complexity index is 1450. The molecule has 0 aliphatic heterocycles. The molecule has 0 bridgehead atoms. The van der Waals surface area contributed by atoms with Gasteiger partial charge in [-0.25, -0.2) is 9.67 Å². The zero-order chi connectivity index (χ0) is 23.5. The van der Waals surface area contributed by atoms with Gasteiger partial charge in [-0.3, -0.25) is 9.59 Å². The molecule has 166 valence electrons. The third-order valence-corrected chi connectivity index (χ3v) is 5.46. The Morgan fingerprint density at radius 1 is 0.853 bits per heavy atom. The number of nitrogens with zero attached hydrogens (tertiary/aromatic N) is 4. The van der Waals surface area contributed by atoms with E-state index in [-0.39, 0.29) is 11.7 Å². The fourth-order valence-electron chi connectivity index (χ4n) is 3.68. The molecule has 2 aromatic heterocycles. The van der Waals surface area contributed by atoms with Gasteiger partial charge in [0.2, 0.25) is 5.78 Å². The molecule has 0 atom stereocenters. The number of para-hydroxylation sites is 1. The molecule has 0 unspecified atom stereocenters. The fourth-order valence-corrected chi connectivity index (χ4v) is 3.68. The van der Waals surface area contributed by atoms with Crippen molar-refractivity contribution in [2.45, 2.75) is 0 Å². The van der Waals surface area contributed by atoms with Gasteiger partial charge >= 0.3 is 0 Å². The van der Waals surface area contributed by atoms with E-state index in [4.69, 9.17) is 0 Å². The second-order valence-corrected chi connectivity index (χ2v) is 7.76. The van der Waals surface area contributed by atoms with E-state index in [1.54, 1.807) is 59.2 Å². The quantitative estimate of drug-likeness (QED) is 0.381. The van der Waals surface area contributed by atoms with E-state index >= 15 is 0 Å². The first-order chi connectivity index (χ1) is 16.6. The molecule has 0 fully saturated rings. The predicted molar refractivity (Wildman–Crippen MR) is 130 cm³/mol. The Balaban J connectivity index is 1.43. The van der Waals surface area contributed by atoms with Gasteiger partial charge in [0.25, 0.3) is 5.91 Å². The Kier molecular flexibility index (Phi) is 5.58. The highest BCUT2D eigenvalue weighted by atomic mass is 16.1. The van der Waals surface area contributed by atoms with Crippen molar-refractivity contribution in [3.63, 3.8) is 0 Å². The average Bonchev–Trinajstić information content (AvgIpc) is 3.52. The first-order valence-electron chi connectivity index (χ1n) is 10.7. The highest BCUT2D eigenvalue weighted by molar-refractivity contribution is 6.09. The van der Waals surface area contributed by atoms with Crippen LogP contribution in [0.4, 0.5) is 5.69 Å². The molecule has 0 aliphatic rings. The summed E-state index contributed by atoms with van der Waals surface area (Å²) < 4.78 is 3.37. The number of imidazole rings is 1. The summed E-state index contributed by atoms with van der Waals surface area (Å²) in [4.78, 5) is 30.0. The summed E-state index contributed by atoms with van der Waals surface area (Å²) in [5, 5.41) is 7.61. The molecular weight excluding hydrogens is 426 g/mol. The van der Waals surface area contributed by atoms with Gasteiger partial charge in [0, 0.05) is 42.5 Å². The Morgan fingerprint density at radius 2 is 1.53 bits per heavy atom. The molecule has 0 spiro atoms. The normalized spacial score (nSPS) is 10.7. The van der Waals surface area contributed by atoms with Crippen LogP contribution in [0.1, 0.15) is 26.5 Å². The van der Waals surface area contributed by atoms with Crippen molar-refractivity contribution in [1.29, 1.82) is 0 Å². The molecule has 1 N–H and O–H groups in total. The van der Waals surface area contributed by atoms with E-state index < -0.39 is 0 Å². The fraction of sp³-hybridized carbons (Fsp3) is 0.0370. The number of aromatic nitrogens is 4. The number of ketones is 1. The summed E-state index contributed by atoms with van der Waals surface area (Å²) in [6, 6.07) is 26.0. The van der Waals surface area contributed by atoms with Crippen LogP contribution in [0.15, 0.2) is 104 Å². The van der Waals surface area contributed by atoms with Crippen LogP contribution in [0, 0.1) is 0 Å². The molecule has 7 heteroatoms. The van der Waals surface area contributed by atoms with Crippen molar-refractivity contribution in [1.82, 2.24) is 19.3 Å². The lowest BCUT2D eigenvalue weighted by Gasteiger charge is -2.07. The van der Waals surface area contributed by atoms with Crippen molar-refractivity contribution in [2.24, 2.45) is 7.05 Å². The van der Waals surface area contributed by atoms with Crippen LogP contribution in [0.25, 0.3) is 16.9 Å². The van der Waals surface area contributed by atoms with Crippen LogP contribution >= 0.6 is 0 Å². The molecule has 1 amide bonds. The summed E-state index contributed by atoms with van der Waals surface area (Å²) in [6.07, 6.45) is 5.04. The van der Waals surface area contributed by atoms with Crippen LogP contribution < -0.4 is 5.32 Å². The highest BCUT2D eigenvalue weighted by Gasteiger charge is 2.19. The van der Waals surface area contributed by atoms with Gasteiger partial charge in [-0.05, 0) is 36.4 Å². The third-order valence-electron chi connectivity index (χ3n) is 5.46. The number of benzene rings is 3. The van der Waals surface area contributed by atoms with Crippen LogP contribution in [0.3, 0.4) is 0 Å². The van der Waals surface area contributed by atoms with E-state index in [9.17, 15) is 9.59 Å². The topological polar surface area (TPSA) is 81.8 Å². The maximum Gasteiger partial charge on any atom is 0.259 e. The van der Waals surface area contributed by atoms with Gasteiger partial charge in [-0.2, -0.15) is 5.10 Å². The van der Waals surface area contributed by atoms with Gasteiger partial charge in [0.1, 0.15) is 5.69 Å². The van der Waals surface area contributed by atoms with Crippen molar-refractivity contribution in [2.75, 3.05) is 5.32 Å². The van der Waals surface area contributed by atoms with E-state index in [0.29, 0.717) is 28.3 Å². The zero-order valence-corrected chi connectivity index (χ0v) is 18.4. The molecule has 2 heterocycles. The standard InChI is InChI=1S/C27H21N5O2/c1-31-17-16-28-26(31)25(33)20-12-14-21(15-13-20)29-27(34)23-18-32(22-10-6-3-7-11-22)30-24(23)19-8-4-2-5-9-19/h2-18H,1H3,(H,29,34). The largest absolute Gasteiger partial charge is 0.331 e. The predicted octanol–water partition coefficient (Wildman–Crippen LogP) is 4.76. The summed E-state index contributed by atoms with van der Waals surface area (Å²) in [5.74, 6) is -0.109.